The zero-order valence-corrected chi connectivity index (χ0v) is 15.2. The van der Waals surface area contributed by atoms with Gasteiger partial charge in [0.2, 0.25) is 0 Å². The van der Waals surface area contributed by atoms with Crippen molar-refractivity contribution in [2.24, 2.45) is 0 Å². The molecule has 1 aromatic carbocycles. The molecule has 1 heteroatoms. The zero-order chi connectivity index (χ0) is 14.8. The van der Waals surface area contributed by atoms with Crippen LogP contribution in [0.1, 0.15) is 81.9 Å². The van der Waals surface area contributed by atoms with Gasteiger partial charge < -0.3 is 0 Å². The summed E-state index contributed by atoms with van der Waals surface area (Å²) >= 11 is 3.77. The number of rotatable bonds is 10. The van der Waals surface area contributed by atoms with Crippen LogP contribution in [0.25, 0.3) is 0 Å². The monoisotopic (exact) mass is 338 g/mol. The third-order valence-corrected chi connectivity index (χ3v) is 4.84. The Morgan fingerprint density at radius 3 is 1.85 bits per heavy atom. The number of hydrogen-bond acceptors (Lipinski definition) is 0. The van der Waals surface area contributed by atoms with E-state index in [9.17, 15) is 0 Å². The first-order valence-electron chi connectivity index (χ1n) is 8.47. The summed E-state index contributed by atoms with van der Waals surface area (Å²) in [5, 5.41) is 0. The summed E-state index contributed by atoms with van der Waals surface area (Å²) in [7, 11) is 0. The van der Waals surface area contributed by atoms with Crippen molar-refractivity contribution in [2.75, 3.05) is 0 Å². The van der Waals surface area contributed by atoms with Crippen molar-refractivity contribution >= 4 is 15.9 Å². The molecule has 1 rings (SSSR count). The Kier molecular flexibility index (Phi) is 9.26. The highest BCUT2D eigenvalue weighted by Crippen LogP contribution is 2.25. The minimum absolute atomic E-state index is 1.22. The fourth-order valence-corrected chi connectivity index (χ4v) is 3.32. The van der Waals surface area contributed by atoms with Crippen LogP contribution in [-0.4, -0.2) is 0 Å². The van der Waals surface area contributed by atoms with Gasteiger partial charge in [-0.25, -0.2) is 0 Å². The van der Waals surface area contributed by atoms with Gasteiger partial charge in [-0.3, -0.25) is 0 Å². The fraction of sp³-hybridized carbons (Fsp3) is 0.684. The van der Waals surface area contributed by atoms with E-state index in [0.29, 0.717) is 0 Å². The summed E-state index contributed by atoms with van der Waals surface area (Å²) in [4.78, 5) is 0. The Morgan fingerprint density at radius 2 is 1.30 bits per heavy atom. The molecule has 0 N–H and O–H groups in total. The molecule has 0 aliphatic rings. The third-order valence-electron chi connectivity index (χ3n) is 4.10. The molecule has 0 saturated heterocycles. The summed E-state index contributed by atoms with van der Waals surface area (Å²) < 4.78 is 1.32. The highest BCUT2D eigenvalue weighted by Gasteiger charge is 2.06. The lowest BCUT2D eigenvalue weighted by molar-refractivity contribution is 0.661. The van der Waals surface area contributed by atoms with Gasteiger partial charge in [0.15, 0.2) is 0 Å². The maximum absolute atomic E-state index is 3.77. The van der Waals surface area contributed by atoms with E-state index in [1.165, 1.54) is 85.4 Å². The van der Waals surface area contributed by atoms with Crippen molar-refractivity contribution < 1.29 is 0 Å². The first-order valence-corrected chi connectivity index (χ1v) is 9.26. The van der Waals surface area contributed by atoms with Gasteiger partial charge in [-0.1, -0.05) is 74.4 Å². The molecule has 20 heavy (non-hydrogen) atoms. The molecule has 0 radical (unpaired) electrons. The standard InChI is InChI=1S/C19H31Br/c1-4-6-8-10-12-17-15-19(20)18(14-16(17)3)13-11-9-7-5-2/h14-15H,4-13H2,1-3H3. The van der Waals surface area contributed by atoms with Gasteiger partial charge in [-0.15, -0.1) is 0 Å². The van der Waals surface area contributed by atoms with Gasteiger partial charge in [0.05, 0.1) is 0 Å². The van der Waals surface area contributed by atoms with E-state index in [-0.39, 0.29) is 0 Å². The molecule has 0 aromatic heterocycles. The highest BCUT2D eigenvalue weighted by molar-refractivity contribution is 9.10. The molecule has 0 fully saturated rings. The van der Waals surface area contributed by atoms with Crippen molar-refractivity contribution in [1.29, 1.82) is 0 Å². The normalized spacial score (nSPS) is 11.0. The van der Waals surface area contributed by atoms with Crippen LogP contribution in [0.4, 0.5) is 0 Å². The van der Waals surface area contributed by atoms with E-state index in [1.807, 2.05) is 0 Å². The van der Waals surface area contributed by atoms with Crippen molar-refractivity contribution in [1.82, 2.24) is 0 Å². The molecule has 0 aliphatic carbocycles. The van der Waals surface area contributed by atoms with Crippen LogP contribution >= 0.6 is 15.9 Å². The smallest absolute Gasteiger partial charge is 0.0210 e. The quantitative estimate of drug-likeness (QED) is 0.402. The minimum Gasteiger partial charge on any atom is -0.0654 e. The Morgan fingerprint density at radius 1 is 0.750 bits per heavy atom. The van der Waals surface area contributed by atoms with E-state index < -0.39 is 0 Å². The molecular weight excluding hydrogens is 308 g/mol. The molecule has 0 nitrogen and oxygen atoms in total. The molecule has 0 amide bonds. The molecule has 0 heterocycles. The van der Waals surface area contributed by atoms with Crippen LogP contribution in [0.5, 0.6) is 0 Å². The van der Waals surface area contributed by atoms with Gasteiger partial charge in [-0.2, -0.15) is 0 Å². The van der Waals surface area contributed by atoms with Crippen LogP contribution in [0, 0.1) is 6.92 Å². The lowest BCUT2D eigenvalue weighted by Crippen LogP contribution is -1.95. The minimum atomic E-state index is 1.22. The largest absolute Gasteiger partial charge is 0.0654 e. The fourth-order valence-electron chi connectivity index (χ4n) is 2.73. The first-order chi connectivity index (χ1) is 9.69. The van der Waals surface area contributed by atoms with Crippen LogP contribution in [-0.2, 0) is 12.8 Å². The summed E-state index contributed by atoms with van der Waals surface area (Å²) in [5.74, 6) is 0. The SMILES string of the molecule is CCCCCCc1cc(Br)c(CCCCCC)cc1C. The number of halogens is 1. The Balaban J connectivity index is 2.52. The predicted octanol–water partition coefficient (Wildman–Crippen LogP) is 7.00. The Hall–Kier alpha value is -0.300. The van der Waals surface area contributed by atoms with Crippen LogP contribution in [0.2, 0.25) is 0 Å². The molecule has 0 saturated carbocycles. The number of unbranched alkanes of at least 4 members (excludes halogenated alkanes) is 6. The molecule has 0 bridgehead atoms. The summed E-state index contributed by atoms with van der Waals surface area (Å²) in [6.07, 6.45) is 13.2. The summed E-state index contributed by atoms with van der Waals surface area (Å²) in [6, 6.07) is 4.78. The Bertz CT molecular complexity index is 344. The van der Waals surface area contributed by atoms with Gasteiger partial charge in [-0.05, 0) is 55.4 Å². The van der Waals surface area contributed by atoms with Crippen molar-refractivity contribution in [2.45, 2.75) is 85.0 Å². The van der Waals surface area contributed by atoms with Crippen LogP contribution in [0.3, 0.4) is 0 Å². The number of hydrogen-bond donors (Lipinski definition) is 0. The van der Waals surface area contributed by atoms with E-state index in [1.54, 1.807) is 0 Å². The van der Waals surface area contributed by atoms with Crippen molar-refractivity contribution in [3.05, 3.63) is 33.3 Å². The second-order valence-corrected chi connectivity index (χ2v) is 6.85. The lowest BCUT2D eigenvalue weighted by atomic mass is 9.97. The average Bonchev–Trinajstić information content (AvgIpc) is 2.44. The van der Waals surface area contributed by atoms with Crippen LogP contribution < -0.4 is 0 Å². The lowest BCUT2D eigenvalue weighted by Gasteiger charge is -2.11. The number of aryl methyl sites for hydroxylation is 3. The maximum Gasteiger partial charge on any atom is 0.0210 e. The first kappa shape index (κ1) is 17.8. The second-order valence-electron chi connectivity index (χ2n) is 5.99. The molecule has 114 valence electrons. The summed E-state index contributed by atoms with van der Waals surface area (Å²) in [6.45, 7) is 6.82. The molecular formula is C19H31Br. The van der Waals surface area contributed by atoms with E-state index in [2.05, 4.69) is 48.8 Å². The highest BCUT2D eigenvalue weighted by atomic mass is 79.9. The third kappa shape index (κ3) is 6.43. The van der Waals surface area contributed by atoms with Gasteiger partial charge >= 0.3 is 0 Å². The van der Waals surface area contributed by atoms with Crippen molar-refractivity contribution in [3.63, 3.8) is 0 Å². The van der Waals surface area contributed by atoms with Gasteiger partial charge in [0, 0.05) is 4.47 Å². The average molecular weight is 339 g/mol. The van der Waals surface area contributed by atoms with Gasteiger partial charge in [0.25, 0.3) is 0 Å². The van der Waals surface area contributed by atoms with Crippen molar-refractivity contribution in [3.8, 4) is 0 Å². The van der Waals surface area contributed by atoms with Gasteiger partial charge in [0.1, 0.15) is 0 Å². The molecule has 1 aromatic rings. The van der Waals surface area contributed by atoms with E-state index in [4.69, 9.17) is 0 Å². The zero-order valence-electron chi connectivity index (χ0n) is 13.6. The maximum atomic E-state index is 3.77. The topological polar surface area (TPSA) is 0 Å². The van der Waals surface area contributed by atoms with E-state index >= 15 is 0 Å². The predicted molar refractivity (Wildman–Crippen MR) is 94.6 cm³/mol. The second kappa shape index (κ2) is 10.4. The van der Waals surface area contributed by atoms with Crippen LogP contribution in [0.15, 0.2) is 16.6 Å². The Labute approximate surface area is 134 Å². The molecule has 0 aliphatic heterocycles. The molecule has 0 spiro atoms. The molecule has 0 atom stereocenters. The summed E-state index contributed by atoms with van der Waals surface area (Å²) in [5.41, 5.74) is 4.51. The number of benzene rings is 1. The van der Waals surface area contributed by atoms with E-state index in [0.717, 1.165) is 0 Å². The molecule has 0 unspecified atom stereocenters.